The molecule has 1 fully saturated rings. The summed E-state index contributed by atoms with van der Waals surface area (Å²) in [5.41, 5.74) is 2.78. The lowest BCUT2D eigenvalue weighted by Crippen LogP contribution is -2.11. The Morgan fingerprint density at radius 2 is 1.77 bits per heavy atom. The molecule has 1 aliphatic rings. The van der Waals surface area contributed by atoms with Crippen LogP contribution < -0.4 is 0 Å². The fourth-order valence-electron chi connectivity index (χ4n) is 3.28. The zero-order chi connectivity index (χ0) is 15.6. The largest absolute Gasteiger partial charge is 0.373 e. The number of benzene rings is 1. The van der Waals surface area contributed by atoms with Crippen molar-refractivity contribution < 1.29 is 4.74 Å². The predicted octanol–water partition coefficient (Wildman–Crippen LogP) is 6.02. The van der Waals surface area contributed by atoms with E-state index in [4.69, 9.17) is 4.74 Å². The molecular formula is C21H30O. The average molecular weight is 298 g/mol. The smallest absolute Gasteiger partial charge is 0.0721 e. The van der Waals surface area contributed by atoms with E-state index in [2.05, 4.69) is 62.4 Å². The van der Waals surface area contributed by atoms with Crippen LogP contribution in [0.25, 0.3) is 0 Å². The summed E-state index contributed by atoms with van der Waals surface area (Å²) in [6.07, 6.45) is 15.2. The van der Waals surface area contributed by atoms with Crippen molar-refractivity contribution in [3.05, 3.63) is 59.7 Å². The first kappa shape index (κ1) is 17.0. The first-order valence-corrected chi connectivity index (χ1v) is 8.77. The van der Waals surface area contributed by atoms with Gasteiger partial charge in [-0.1, -0.05) is 55.5 Å². The average Bonchev–Trinajstić information content (AvgIpc) is 2.56. The first-order chi connectivity index (χ1) is 10.8. The molecular weight excluding hydrogens is 268 g/mol. The van der Waals surface area contributed by atoms with Crippen LogP contribution in [0.5, 0.6) is 0 Å². The monoisotopic (exact) mass is 298 g/mol. The second-order valence-electron chi connectivity index (χ2n) is 6.27. The van der Waals surface area contributed by atoms with Crippen molar-refractivity contribution in [1.29, 1.82) is 0 Å². The van der Waals surface area contributed by atoms with Crippen molar-refractivity contribution in [1.82, 2.24) is 0 Å². The predicted molar refractivity (Wildman–Crippen MR) is 95.0 cm³/mol. The van der Waals surface area contributed by atoms with E-state index in [1.165, 1.54) is 36.8 Å². The molecule has 0 aromatic heterocycles. The maximum atomic E-state index is 5.65. The SMILES string of the molecule is C/C=C\[C@H]1CC[C@H](c2ccc(COC/C=C/CC)cc2)CC1. The number of hydrogen-bond donors (Lipinski definition) is 0. The third kappa shape index (κ3) is 5.46. The van der Waals surface area contributed by atoms with Gasteiger partial charge in [-0.25, -0.2) is 0 Å². The highest BCUT2D eigenvalue weighted by Crippen LogP contribution is 2.36. The van der Waals surface area contributed by atoms with Crippen molar-refractivity contribution in [3.63, 3.8) is 0 Å². The normalized spacial score (nSPS) is 22.6. The third-order valence-corrected chi connectivity index (χ3v) is 4.57. The van der Waals surface area contributed by atoms with Crippen molar-refractivity contribution in [3.8, 4) is 0 Å². The Morgan fingerprint density at radius 1 is 1.05 bits per heavy atom. The van der Waals surface area contributed by atoms with Crippen LogP contribution in [0, 0.1) is 5.92 Å². The summed E-state index contributed by atoms with van der Waals surface area (Å²) in [4.78, 5) is 0. The van der Waals surface area contributed by atoms with Gasteiger partial charge in [0.1, 0.15) is 0 Å². The van der Waals surface area contributed by atoms with Gasteiger partial charge >= 0.3 is 0 Å². The zero-order valence-corrected chi connectivity index (χ0v) is 14.1. The van der Waals surface area contributed by atoms with Gasteiger partial charge in [0, 0.05) is 0 Å². The van der Waals surface area contributed by atoms with Crippen LogP contribution in [0.4, 0.5) is 0 Å². The van der Waals surface area contributed by atoms with Gasteiger partial charge in [-0.05, 0) is 62.0 Å². The summed E-state index contributed by atoms with van der Waals surface area (Å²) >= 11 is 0. The number of ether oxygens (including phenoxy) is 1. The van der Waals surface area contributed by atoms with Gasteiger partial charge in [0.15, 0.2) is 0 Å². The zero-order valence-electron chi connectivity index (χ0n) is 14.1. The quantitative estimate of drug-likeness (QED) is 0.442. The van der Waals surface area contributed by atoms with E-state index in [0.29, 0.717) is 13.2 Å². The maximum absolute atomic E-state index is 5.65. The topological polar surface area (TPSA) is 9.23 Å². The lowest BCUT2D eigenvalue weighted by atomic mass is 9.78. The summed E-state index contributed by atoms with van der Waals surface area (Å²) in [5.74, 6) is 1.56. The fraction of sp³-hybridized carbons (Fsp3) is 0.524. The second kappa shape index (κ2) is 9.63. The molecule has 0 bridgehead atoms. The highest BCUT2D eigenvalue weighted by Gasteiger charge is 2.20. The molecule has 0 aliphatic heterocycles. The van der Waals surface area contributed by atoms with E-state index >= 15 is 0 Å². The molecule has 0 radical (unpaired) electrons. The molecule has 0 unspecified atom stereocenters. The number of hydrogen-bond acceptors (Lipinski definition) is 1. The summed E-state index contributed by atoms with van der Waals surface area (Å²) in [6, 6.07) is 9.08. The molecule has 1 heteroatoms. The highest BCUT2D eigenvalue weighted by atomic mass is 16.5. The first-order valence-electron chi connectivity index (χ1n) is 8.77. The fourth-order valence-corrected chi connectivity index (χ4v) is 3.28. The van der Waals surface area contributed by atoms with Crippen molar-refractivity contribution >= 4 is 0 Å². The molecule has 1 aliphatic carbocycles. The number of rotatable bonds is 7. The Morgan fingerprint density at radius 3 is 2.41 bits per heavy atom. The van der Waals surface area contributed by atoms with E-state index < -0.39 is 0 Å². The van der Waals surface area contributed by atoms with Gasteiger partial charge in [0.25, 0.3) is 0 Å². The minimum absolute atomic E-state index is 0.711. The van der Waals surface area contributed by atoms with Crippen molar-refractivity contribution in [2.24, 2.45) is 5.92 Å². The minimum Gasteiger partial charge on any atom is -0.373 e. The van der Waals surface area contributed by atoms with E-state index in [9.17, 15) is 0 Å². The van der Waals surface area contributed by atoms with Gasteiger partial charge in [0.2, 0.25) is 0 Å². The van der Waals surface area contributed by atoms with Crippen LogP contribution in [0.2, 0.25) is 0 Å². The Bertz CT molecular complexity index is 461. The lowest BCUT2D eigenvalue weighted by molar-refractivity contribution is 0.148. The lowest BCUT2D eigenvalue weighted by Gasteiger charge is -2.27. The molecule has 1 aromatic rings. The minimum atomic E-state index is 0.711. The Balaban J connectivity index is 1.78. The molecule has 0 spiro atoms. The van der Waals surface area contributed by atoms with Crippen molar-refractivity contribution in [2.75, 3.05) is 6.61 Å². The van der Waals surface area contributed by atoms with E-state index in [0.717, 1.165) is 18.3 Å². The molecule has 1 saturated carbocycles. The Hall–Kier alpha value is -1.34. The molecule has 0 amide bonds. The molecule has 0 heterocycles. The van der Waals surface area contributed by atoms with Gasteiger partial charge in [-0.2, -0.15) is 0 Å². The Labute approximate surface area is 136 Å². The molecule has 22 heavy (non-hydrogen) atoms. The van der Waals surface area contributed by atoms with E-state index in [1.807, 2.05) is 0 Å². The van der Waals surface area contributed by atoms with Crippen molar-refractivity contribution in [2.45, 2.75) is 58.5 Å². The summed E-state index contributed by atoms with van der Waals surface area (Å²) in [7, 11) is 0. The maximum Gasteiger partial charge on any atom is 0.0721 e. The van der Waals surface area contributed by atoms with Crippen LogP contribution in [0.1, 0.15) is 63.0 Å². The van der Waals surface area contributed by atoms with Crippen LogP contribution in [0.3, 0.4) is 0 Å². The van der Waals surface area contributed by atoms with Crippen LogP contribution in [-0.4, -0.2) is 6.61 Å². The molecule has 120 valence electrons. The second-order valence-corrected chi connectivity index (χ2v) is 6.27. The third-order valence-electron chi connectivity index (χ3n) is 4.57. The van der Waals surface area contributed by atoms with Gasteiger partial charge in [-0.3, -0.25) is 0 Å². The van der Waals surface area contributed by atoms with Crippen LogP contribution in [0.15, 0.2) is 48.6 Å². The Kier molecular flexibility index (Phi) is 7.45. The highest BCUT2D eigenvalue weighted by molar-refractivity contribution is 5.25. The molecule has 2 rings (SSSR count). The summed E-state index contributed by atoms with van der Waals surface area (Å²) in [6.45, 7) is 5.69. The number of allylic oxidation sites excluding steroid dienone is 3. The van der Waals surface area contributed by atoms with E-state index in [-0.39, 0.29) is 0 Å². The van der Waals surface area contributed by atoms with Gasteiger partial charge in [-0.15, -0.1) is 0 Å². The summed E-state index contributed by atoms with van der Waals surface area (Å²) < 4.78 is 5.65. The standard InChI is InChI=1S/C21H30O/c1-3-5-6-16-22-17-19-10-14-21(15-11-19)20-12-8-18(7-4-2)9-13-20/h4-7,10-11,14-15,18,20H,3,8-9,12-13,16-17H2,1-2H3/b6-5+,7-4-/t18-,20-. The molecule has 0 atom stereocenters. The summed E-state index contributed by atoms with van der Waals surface area (Å²) in [5, 5.41) is 0. The van der Waals surface area contributed by atoms with Gasteiger partial charge < -0.3 is 4.74 Å². The molecule has 1 nitrogen and oxygen atoms in total. The molecule has 0 saturated heterocycles. The molecule has 1 aromatic carbocycles. The van der Waals surface area contributed by atoms with E-state index in [1.54, 1.807) is 0 Å². The van der Waals surface area contributed by atoms with Gasteiger partial charge in [0.05, 0.1) is 13.2 Å². The molecule has 0 N–H and O–H groups in total. The van der Waals surface area contributed by atoms with Crippen LogP contribution >= 0.6 is 0 Å². The van der Waals surface area contributed by atoms with Crippen LogP contribution in [-0.2, 0) is 11.3 Å².